The van der Waals surface area contributed by atoms with Crippen LogP contribution in [0.25, 0.3) is 0 Å². The minimum absolute atomic E-state index is 0.0436. The molecule has 4 nitrogen and oxygen atoms in total. The van der Waals surface area contributed by atoms with Crippen molar-refractivity contribution >= 4 is 17.5 Å². The van der Waals surface area contributed by atoms with E-state index < -0.39 is 5.97 Å². The maximum Gasteiger partial charge on any atom is 0.303 e. The fraction of sp³-hybridized carbons (Fsp3) is 0.812. The first kappa shape index (κ1) is 18.8. The second-order valence-corrected chi connectivity index (χ2v) is 5.49. The Labute approximate surface area is 121 Å². The maximum absolute atomic E-state index is 11.3. The zero-order valence-corrected chi connectivity index (χ0v) is 12.7. The molecule has 20 heavy (non-hydrogen) atoms. The highest BCUT2D eigenvalue weighted by Gasteiger charge is 2.04. The van der Waals surface area contributed by atoms with Crippen LogP contribution in [0.5, 0.6) is 0 Å². The third-order valence-electron chi connectivity index (χ3n) is 3.29. The van der Waals surface area contributed by atoms with Gasteiger partial charge >= 0.3 is 5.97 Å². The van der Waals surface area contributed by atoms with E-state index in [0.717, 1.165) is 38.5 Å². The van der Waals surface area contributed by atoms with E-state index in [4.69, 9.17) is 5.11 Å². The molecule has 4 heteroatoms. The summed E-state index contributed by atoms with van der Waals surface area (Å²) in [5.74, 6) is -0.682. The Kier molecular flexibility index (Phi) is 12.1. The third-order valence-corrected chi connectivity index (χ3v) is 3.29. The van der Waals surface area contributed by atoms with Crippen LogP contribution in [-0.4, -0.2) is 22.6 Å². The van der Waals surface area contributed by atoms with Gasteiger partial charge in [-0.1, -0.05) is 44.9 Å². The van der Waals surface area contributed by atoms with Crippen molar-refractivity contribution in [3.05, 3.63) is 0 Å². The highest BCUT2D eigenvalue weighted by molar-refractivity contribution is 5.97. The van der Waals surface area contributed by atoms with Crippen molar-refractivity contribution in [3.63, 3.8) is 0 Å². The minimum atomic E-state index is -0.704. The molecule has 0 aromatic heterocycles. The summed E-state index contributed by atoms with van der Waals surface area (Å²) >= 11 is 0. The first-order valence-corrected chi connectivity index (χ1v) is 7.75. The number of carboxylic acid groups (broad SMARTS) is 1. The first-order chi connectivity index (χ1) is 9.52. The van der Waals surface area contributed by atoms with E-state index in [0.29, 0.717) is 6.42 Å². The number of carboxylic acids is 1. The largest absolute Gasteiger partial charge is 0.481 e. The molecule has 0 fully saturated rings. The average molecular weight is 284 g/mol. The lowest BCUT2D eigenvalue weighted by Crippen LogP contribution is -2.03. The Morgan fingerprint density at radius 3 is 1.50 bits per heavy atom. The summed E-state index contributed by atoms with van der Waals surface area (Å²) in [4.78, 5) is 32.3. The van der Waals surface area contributed by atoms with Gasteiger partial charge in [0.05, 0.1) is 6.42 Å². The van der Waals surface area contributed by atoms with Crippen LogP contribution in [0.4, 0.5) is 0 Å². The molecule has 0 heterocycles. The summed E-state index contributed by atoms with van der Waals surface area (Å²) in [7, 11) is 0. The SMILES string of the molecule is CC(=O)CC(=O)CCCCCCCCCCCC(=O)O. The summed E-state index contributed by atoms with van der Waals surface area (Å²) in [5, 5.41) is 8.48. The number of carbonyl (C=O) groups is 3. The van der Waals surface area contributed by atoms with Crippen molar-refractivity contribution in [3.8, 4) is 0 Å². The number of carbonyl (C=O) groups excluding carboxylic acids is 2. The molecule has 0 unspecified atom stereocenters. The van der Waals surface area contributed by atoms with E-state index in [1.165, 1.54) is 26.2 Å². The Balaban J connectivity index is 3.15. The summed E-state index contributed by atoms with van der Waals surface area (Å²) in [5.41, 5.74) is 0. The van der Waals surface area contributed by atoms with Gasteiger partial charge in [0.15, 0.2) is 0 Å². The van der Waals surface area contributed by atoms with E-state index in [2.05, 4.69) is 0 Å². The molecule has 0 aliphatic rings. The van der Waals surface area contributed by atoms with Crippen LogP contribution < -0.4 is 0 Å². The predicted molar refractivity (Wildman–Crippen MR) is 78.7 cm³/mol. The van der Waals surface area contributed by atoms with E-state index in [1.807, 2.05) is 0 Å². The van der Waals surface area contributed by atoms with Crippen molar-refractivity contribution in [1.82, 2.24) is 0 Å². The second kappa shape index (κ2) is 12.8. The van der Waals surface area contributed by atoms with Crippen LogP contribution in [0.2, 0.25) is 0 Å². The second-order valence-electron chi connectivity index (χ2n) is 5.49. The van der Waals surface area contributed by atoms with E-state index >= 15 is 0 Å². The van der Waals surface area contributed by atoms with Gasteiger partial charge in [-0.25, -0.2) is 0 Å². The number of rotatable bonds is 14. The Morgan fingerprint density at radius 2 is 1.10 bits per heavy atom. The molecule has 0 bridgehead atoms. The van der Waals surface area contributed by atoms with Crippen molar-refractivity contribution < 1.29 is 19.5 Å². The summed E-state index contributed by atoms with van der Waals surface area (Å²) in [6, 6.07) is 0. The van der Waals surface area contributed by atoms with Gasteiger partial charge in [-0.2, -0.15) is 0 Å². The van der Waals surface area contributed by atoms with E-state index in [9.17, 15) is 14.4 Å². The lowest BCUT2D eigenvalue weighted by atomic mass is 10.0. The molecule has 0 radical (unpaired) electrons. The minimum Gasteiger partial charge on any atom is -0.481 e. The topological polar surface area (TPSA) is 71.4 Å². The van der Waals surface area contributed by atoms with Crippen molar-refractivity contribution in [1.29, 1.82) is 0 Å². The molecular formula is C16H28O4. The predicted octanol–water partition coefficient (Wildman–Crippen LogP) is 3.91. The van der Waals surface area contributed by atoms with Gasteiger partial charge in [0.25, 0.3) is 0 Å². The molecule has 116 valence electrons. The number of ketones is 2. The maximum atomic E-state index is 11.3. The van der Waals surface area contributed by atoms with Crippen LogP contribution in [0.3, 0.4) is 0 Å². The van der Waals surface area contributed by atoms with Gasteiger partial charge in [-0.3, -0.25) is 14.4 Å². The van der Waals surface area contributed by atoms with E-state index in [1.54, 1.807) is 0 Å². The highest BCUT2D eigenvalue weighted by Crippen LogP contribution is 2.11. The fourth-order valence-electron chi connectivity index (χ4n) is 2.20. The molecule has 0 atom stereocenters. The number of aliphatic carboxylic acids is 1. The normalized spacial score (nSPS) is 10.4. The Morgan fingerprint density at radius 1 is 0.700 bits per heavy atom. The van der Waals surface area contributed by atoms with Crippen LogP contribution in [0.15, 0.2) is 0 Å². The lowest BCUT2D eigenvalue weighted by molar-refractivity contribution is -0.137. The van der Waals surface area contributed by atoms with Crippen LogP contribution in [-0.2, 0) is 14.4 Å². The zero-order chi connectivity index (χ0) is 15.2. The van der Waals surface area contributed by atoms with Crippen molar-refractivity contribution in [2.45, 2.75) is 84.0 Å². The summed E-state index contributed by atoms with van der Waals surface area (Å²) in [6.45, 7) is 1.45. The van der Waals surface area contributed by atoms with Crippen LogP contribution >= 0.6 is 0 Å². The molecule has 0 saturated carbocycles. The van der Waals surface area contributed by atoms with Gasteiger partial charge < -0.3 is 5.11 Å². The number of unbranched alkanes of at least 4 members (excludes halogenated alkanes) is 8. The summed E-state index contributed by atoms with van der Waals surface area (Å²) in [6.07, 6.45) is 10.5. The number of hydrogen-bond donors (Lipinski definition) is 1. The molecule has 1 N–H and O–H groups in total. The van der Waals surface area contributed by atoms with Crippen molar-refractivity contribution in [2.75, 3.05) is 0 Å². The molecule has 0 aliphatic heterocycles. The Hall–Kier alpha value is -1.19. The quantitative estimate of drug-likeness (QED) is 0.388. The highest BCUT2D eigenvalue weighted by atomic mass is 16.4. The lowest BCUT2D eigenvalue weighted by Gasteiger charge is -2.02. The van der Waals surface area contributed by atoms with Gasteiger partial charge in [0.2, 0.25) is 0 Å². The molecule has 0 aromatic rings. The molecule has 0 saturated heterocycles. The molecule has 0 aliphatic carbocycles. The monoisotopic (exact) mass is 284 g/mol. The number of Topliss-reactive ketones (excluding diaryl/α,β-unsaturated/α-hetero) is 2. The van der Waals surface area contributed by atoms with Gasteiger partial charge in [-0.05, 0) is 19.8 Å². The molecule has 0 aromatic carbocycles. The van der Waals surface area contributed by atoms with Crippen LogP contribution in [0, 0.1) is 0 Å². The van der Waals surface area contributed by atoms with Gasteiger partial charge in [0, 0.05) is 12.8 Å². The molecule has 0 spiro atoms. The van der Waals surface area contributed by atoms with E-state index in [-0.39, 0.29) is 24.4 Å². The smallest absolute Gasteiger partial charge is 0.303 e. The summed E-state index contributed by atoms with van der Waals surface area (Å²) < 4.78 is 0. The number of hydrogen-bond acceptors (Lipinski definition) is 3. The first-order valence-electron chi connectivity index (χ1n) is 7.75. The average Bonchev–Trinajstić information content (AvgIpc) is 2.34. The van der Waals surface area contributed by atoms with Gasteiger partial charge in [0.1, 0.15) is 11.6 Å². The Bertz CT molecular complexity index is 297. The fourth-order valence-corrected chi connectivity index (χ4v) is 2.20. The third kappa shape index (κ3) is 14.9. The zero-order valence-electron chi connectivity index (χ0n) is 12.7. The molecular weight excluding hydrogens is 256 g/mol. The molecule has 0 amide bonds. The standard InChI is InChI=1S/C16H28O4/c1-14(17)13-15(18)11-9-7-5-3-2-4-6-8-10-12-16(19)20/h2-13H2,1H3,(H,19,20). The van der Waals surface area contributed by atoms with Crippen molar-refractivity contribution in [2.24, 2.45) is 0 Å². The van der Waals surface area contributed by atoms with Gasteiger partial charge in [-0.15, -0.1) is 0 Å². The van der Waals surface area contributed by atoms with Crippen LogP contribution in [0.1, 0.15) is 84.0 Å². The molecule has 0 rings (SSSR count).